The van der Waals surface area contributed by atoms with Crippen LogP contribution in [0.25, 0.3) is 32.3 Å². The molecule has 27 heavy (non-hydrogen) atoms. The van der Waals surface area contributed by atoms with Crippen LogP contribution in [-0.2, 0) is 0 Å². The molecule has 0 aromatic heterocycles. The summed E-state index contributed by atoms with van der Waals surface area (Å²) in [5.74, 6) is 7.22. The maximum atomic E-state index is 3.40. The molecule has 0 aliphatic carbocycles. The second-order valence-corrected chi connectivity index (χ2v) is 7.46. The lowest BCUT2D eigenvalue weighted by atomic mass is 9.87. The lowest BCUT2D eigenvalue weighted by Gasteiger charge is -2.16. The molecule has 5 aromatic carbocycles. The Bertz CT molecular complexity index is 1330. The Hall–Kier alpha value is -3.30. The molecule has 0 unspecified atom stereocenters. The summed E-state index contributed by atoms with van der Waals surface area (Å²) < 4.78 is 0. The van der Waals surface area contributed by atoms with Crippen LogP contribution in [0, 0.1) is 11.8 Å². The van der Waals surface area contributed by atoms with Crippen molar-refractivity contribution < 1.29 is 0 Å². The van der Waals surface area contributed by atoms with Gasteiger partial charge < -0.3 is 0 Å². The molecule has 0 atom stereocenters. The second kappa shape index (κ2) is 6.15. The topological polar surface area (TPSA) is 0 Å². The molecule has 0 N–H and O–H groups in total. The number of hydrogen-bond donors (Lipinski definition) is 0. The van der Waals surface area contributed by atoms with Gasteiger partial charge in [0.25, 0.3) is 0 Å². The molecule has 0 radical (unpaired) electrons. The molecular formula is C27H20. The van der Waals surface area contributed by atoms with E-state index in [1.807, 2.05) is 18.2 Å². The highest BCUT2D eigenvalue weighted by Gasteiger charge is 2.13. The summed E-state index contributed by atoms with van der Waals surface area (Å²) in [5, 5.41) is 7.92. The van der Waals surface area contributed by atoms with Gasteiger partial charge in [0.2, 0.25) is 0 Å². The van der Waals surface area contributed by atoms with E-state index in [0.29, 0.717) is 5.92 Å². The fraction of sp³-hybridized carbons (Fsp3) is 0.111. The van der Waals surface area contributed by atoms with Gasteiger partial charge in [0, 0.05) is 11.1 Å². The molecule has 0 saturated heterocycles. The maximum Gasteiger partial charge on any atom is 0.0328 e. The molecule has 0 aliphatic heterocycles. The van der Waals surface area contributed by atoms with Crippen LogP contribution >= 0.6 is 0 Å². The van der Waals surface area contributed by atoms with E-state index < -0.39 is 0 Å². The van der Waals surface area contributed by atoms with Crippen molar-refractivity contribution in [3.63, 3.8) is 0 Å². The minimum atomic E-state index is 0.506. The smallest absolute Gasteiger partial charge is 0.0328 e. The largest absolute Gasteiger partial charge is 0.0622 e. The van der Waals surface area contributed by atoms with Gasteiger partial charge in [-0.25, -0.2) is 0 Å². The van der Waals surface area contributed by atoms with E-state index in [0.717, 1.165) is 11.1 Å². The van der Waals surface area contributed by atoms with E-state index in [1.165, 1.54) is 37.9 Å². The van der Waals surface area contributed by atoms with Crippen LogP contribution in [0.2, 0.25) is 0 Å². The first-order chi connectivity index (χ1) is 13.2. The SMILES string of the molecule is CC(C)c1ccc2ccc3c(C#Cc4ccccc4)ccc4ccc1c2c43. The van der Waals surface area contributed by atoms with Crippen LogP contribution in [0.5, 0.6) is 0 Å². The van der Waals surface area contributed by atoms with Gasteiger partial charge in [0.05, 0.1) is 0 Å². The van der Waals surface area contributed by atoms with E-state index >= 15 is 0 Å². The van der Waals surface area contributed by atoms with Crippen molar-refractivity contribution in [1.82, 2.24) is 0 Å². The minimum Gasteiger partial charge on any atom is -0.0622 e. The highest BCUT2D eigenvalue weighted by Crippen LogP contribution is 2.38. The van der Waals surface area contributed by atoms with E-state index in [4.69, 9.17) is 0 Å². The molecule has 0 spiro atoms. The average Bonchev–Trinajstić information content (AvgIpc) is 2.71. The highest BCUT2D eigenvalue weighted by molar-refractivity contribution is 6.24. The molecule has 0 nitrogen and oxygen atoms in total. The lowest BCUT2D eigenvalue weighted by molar-refractivity contribution is 0.877. The predicted octanol–water partition coefficient (Wildman–Crippen LogP) is 7.11. The Balaban J connectivity index is 1.83. The van der Waals surface area contributed by atoms with Crippen molar-refractivity contribution >= 4 is 32.3 Å². The Kier molecular flexibility index (Phi) is 3.62. The second-order valence-electron chi connectivity index (χ2n) is 7.46. The van der Waals surface area contributed by atoms with Gasteiger partial charge in [-0.15, -0.1) is 0 Å². The molecule has 128 valence electrons. The summed E-state index contributed by atoms with van der Waals surface area (Å²) in [6.07, 6.45) is 0. The van der Waals surface area contributed by atoms with Crippen molar-refractivity contribution in [2.24, 2.45) is 0 Å². The monoisotopic (exact) mass is 344 g/mol. The molecular weight excluding hydrogens is 324 g/mol. The maximum absolute atomic E-state index is 3.40. The Morgan fingerprint density at radius 3 is 1.96 bits per heavy atom. The van der Waals surface area contributed by atoms with E-state index in [-0.39, 0.29) is 0 Å². The molecule has 5 aromatic rings. The van der Waals surface area contributed by atoms with E-state index in [2.05, 4.69) is 86.4 Å². The van der Waals surface area contributed by atoms with Crippen molar-refractivity contribution in [2.75, 3.05) is 0 Å². The standard InChI is InChI=1S/C27H20/c1-18(2)23-15-12-22-13-16-24-20(9-8-19-6-4-3-5-7-19)10-11-21-14-17-25(23)27(22)26(21)24/h3-7,10-18H,1-2H3. The minimum absolute atomic E-state index is 0.506. The zero-order valence-electron chi connectivity index (χ0n) is 15.6. The van der Waals surface area contributed by atoms with Crippen molar-refractivity contribution in [3.05, 3.63) is 95.6 Å². The Morgan fingerprint density at radius 2 is 1.22 bits per heavy atom. The number of rotatable bonds is 1. The van der Waals surface area contributed by atoms with Gasteiger partial charge in [-0.3, -0.25) is 0 Å². The third-order valence-electron chi connectivity index (χ3n) is 5.44. The van der Waals surface area contributed by atoms with Gasteiger partial charge in [-0.05, 0) is 62.0 Å². The van der Waals surface area contributed by atoms with Gasteiger partial charge >= 0.3 is 0 Å². The summed E-state index contributed by atoms with van der Waals surface area (Å²) in [6.45, 7) is 4.53. The molecule has 0 saturated carbocycles. The fourth-order valence-corrected chi connectivity index (χ4v) is 4.10. The van der Waals surface area contributed by atoms with Crippen molar-refractivity contribution in [1.29, 1.82) is 0 Å². The first kappa shape index (κ1) is 15.9. The summed E-state index contributed by atoms with van der Waals surface area (Å²) >= 11 is 0. The van der Waals surface area contributed by atoms with Crippen LogP contribution < -0.4 is 0 Å². The van der Waals surface area contributed by atoms with Gasteiger partial charge in [0.1, 0.15) is 0 Å². The van der Waals surface area contributed by atoms with Gasteiger partial charge in [-0.2, -0.15) is 0 Å². The summed E-state index contributed by atoms with van der Waals surface area (Å²) in [6, 6.07) is 28.1. The molecule has 0 heteroatoms. The predicted molar refractivity (Wildman–Crippen MR) is 117 cm³/mol. The third kappa shape index (κ3) is 2.56. The molecule has 0 amide bonds. The van der Waals surface area contributed by atoms with Crippen LogP contribution in [0.15, 0.2) is 78.9 Å². The first-order valence-electron chi connectivity index (χ1n) is 9.50. The van der Waals surface area contributed by atoms with Gasteiger partial charge in [-0.1, -0.05) is 86.4 Å². The van der Waals surface area contributed by atoms with Crippen molar-refractivity contribution in [2.45, 2.75) is 19.8 Å². The van der Waals surface area contributed by atoms with E-state index in [9.17, 15) is 0 Å². The summed E-state index contributed by atoms with van der Waals surface area (Å²) in [7, 11) is 0. The molecule has 0 bridgehead atoms. The first-order valence-corrected chi connectivity index (χ1v) is 9.50. The van der Waals surface area contributed by atoms with Crippen LogP contribution in [0.3, 0.4) is 0 Å². The fourth-order valence-electron chi connectivity index (χ4n) is 4.10. The molecule has 5 rings (SSSR count). The zero-order chi connectivity index (χ0) is 18.4. The van der Waals surface area contributed by atoms with E-state index in [1.54, 1.807) is 0 Å². The van der Waals surface area contributed by atoms with Crippen molar-refractivity contribution in [3.8, 4) is 11.8 Å². The summed E-state index contributed by atoms with van der Waals surface area (Å²) in [4.78, 5) is 0. The molecule has 0 fully saturated rings. The Labute approximate surface area is 159 Å². The Morgan fingerprint density at radius 1 is 0.593 bits per heavy atom. The van der Waals surface area contributed by atoms with Gasteiger partial charge in [0.15, 0.2) is 0 Å². The normalized spacial score (nSPS) is 11.4. The average molecular weight is 344 g/mol. The number of benzene rings is 5. The molecule has 0 aliphatic rings. The summed E-state index contributed by atoms with van der Waals surface area (Å²) in [5.41, 5.74) is 3.55. The van der Waals surface area contributed by atoms with Crippen LogP contribution in [0.1, 0.15) is 36.5 Å². The highest BCUT2D eigenvalue weighted by atomic mass is 14.2. The number of hydrogen-bond acceptors (Lipinski definition) is 0. The third-order valence-corrected chi connectivity index (χ3v) is 5.44. The quantitative estimate of drug-likeness (QED) is 0.224. The molecule has 0 heterocycles. The van der Waals surface area contributed by atoms with Crippen LogP contribution in [0.4, 0.5) is 0 Å². The zero-order valence-corrected chi connectivity index (χ0v) is 15.6. The lowest BCUT2D eigenvalue weighted by Crippen LogP contribution is -1.93. The van der Waals surface area contributed by atoms with Crippen LogP contribution in [-0.4, -0.2) is 0 Å².